The number of benzene rings is 2. The Bertz CT molecular complexity index is 1180. The topological polar surface area (TPSA) is 79.8 Å². The molecule has 0 radical (unpaired) electrons. The molecule has 2 aromatic carbocycles. The molecule has 1 aliphatic heterocycles. The van der Waals surface area contributed by atoms with Crippen molar-refractivity contribution in [1.82, 2.24) is 14.2 Å². The molecule has 9 heteroatoms. The summed E-state index contributed by atoms with van der Waals surface area (Å²) in [6.07, 6.45) is 1.67. The van der Waals surface area contributed by atoms with Crippen molar-refractivity contribution in [1.29, 1.82) is 0 Å². The first-order chi connectivity index (χ1) is 14.8. The Morgan fingerprint density at radius 1 is 1.19 bits per heavy atom. The average molecular weight is 460 g/mol. The minimum atomic E-state index is -3.73. The molecule has 4 rings (SSSR count). The lowest BCUT2D eigenvalue weighted by atomic mass is 10.1. The van der Waals surface area contributed by atoms with Crippen LogP contribution in [0.3, 0.4) is 0 Å². The summed E-state index contributed by atoms with van der Waals surface area (Å²) in [4.78, 5) is 19.5. The molecular formula is C22H25N3O4S2. The molecule has 3 aromatic rings. The molecule has 1 unspecified atom stereocenters. The highest BCUT2D eigenvalue weighted by Crippen LogP contribution is 2.32. The van der Waals surface area contributed by atoms with E-state index in [0.29, 0.717) is 18.7 Å². The summed E-state index contributed by atoms with van der Waals surface area (Å²) in [6.45, 7) is 2.89. The molecule has 1 aliphatic rings. The molecule has 1 atom stereocenters. The number of aromatic nitrogens is 1. The van der Waals surface area contributed by atoms with Crippen LogP contribution in [0.5, 0.6) is 5.75 Å². The first kappa shape index (κ1) is 21.7. The number of nitrogens with zero attached hydrogens (tertiary/aromatic N) is 3. The summed E-state index contributed by atoms with van der Waals surface area (Å²) >= 11 is 1.55. The van der Waals surface area contributed by atoms with Crippen molar-refractivity contribution >= 4 is 37.5 Å². The predicted molar refractivity (Wildman–Crippen MR) is 121 cm³/mol. The van der Waals surface area contributed by atoms with Gasteiger partial charge in [0.2, 0.25) is 10.0 Å². The number of carbonyl (C=O) groups excluding carboxylic acids is 1. The van der Waals surface area contributed by atoms with Crippen LogP contribution in [-0.4, -0.2) is 55.8 Å². The Labute approximate surface area is 186 Å². The van der Waals surface area contributed by atoms with Gasteiger partial charge in [0.05, 0.1) is 23.4 Å². The zero-order valence-electron chi connectivity index (χ0n) is 17.7. The smallest absolute Gasteiger partial charge is 0.254 e. The summed E-state index contributed by atoms with van der Waals surface area (Å²) in [5.74, 6) is -0.0300. The molecule has 7 nitrogen and oxygen atoms in total. The number of para-hydroxylation sites is 1. The zero-order valence-corrected chi connectivity index (χ0v) is 19.4. The quantitative estimate of drug-likeness (QED) is 0.558. The van der Waals surface area contributed by atoms with Crippen molar-refractivity contribution in [3.05, 3.63) is 53.0 Å². The van der Waals surface area contributed by atoms with Gasteiger partial charge in [-0.15, -0.1) is 11.3 Å². The normalized spacial score (nSPS) is 15.8. The maximum absolute atomic E-state index is 13.2. The Balaban J connectivity index is 1.64. The second kappa shape index (κ2) is 8.57. The maximum atomic E-state index is 13.2. The molecule has 0 spiro atoms. The number of ether oxygens (including phenoxy) is 1. The third-order valence-corrected chi connectivity index (χ3v) is 8.79. The molecule has 0 N–H and O–H groups in total. The summed E-state index contributed by atoms with van der Waals surface area (Å²) < 4.78 is 34.1. The van der Waals surface area contributed by atoms with E-state index in [4.69, 9.17) is 4.74 Å². The van der Waals surface area contributed by atoms with Gasteiger partial charge in [-0.1, -0.05) is 12.1 Å². The summed E-state index contributed by atoms with van der Waals surface area (Å²) in [5, 5.41) is 0.829. The third kappa shape index (κ3) is 4.05. The van der Waals surface area contributed by atoms with Crippen molar-refractivity contribution in [3.8, 4) is 5.75 Å². The molecule has 0 aliphatic carbocycles. The highest BCUT2D eigenvalue weighted by atomic mass is 32.2. The SMILES string of the molecule is COc1ccc(C(=O)N(C)C(C)c2nc3ccccc3s2)cc1S(=O)(=O)N1CCCC1. The number of hydrogen-bond acceptors (Lipinski definition) is 6. The minimum Gasteiger partial charge on any atom is -0.495 e. The number of rotatable bonds is 6. The van der Waals surface area contributed by atoms with Gasteiger partial charge in [-0.3, -0.25) is 4.79 Å². The fourth-order valence-corrected chi connectivity index (χ4v) is 6.45. The summed E-state index contributed by atoms with van der Waals surface area (Å²) in [6, 6.07) is 12.2. The van der Waals surface area contributed by atoms with Gasteiger partial charge in [0.15, 0.2) is 0 Å². The maximum Gasteiger partial charge on any atom is 0.254 e. The Morgan fingerprint density at radius 2 is 1.90 bits per heavy atom. The zero-order chi connectivity index (χ0) is 22.2. The van der Waals surface area contributed by atoms with E-state index in [1.54, 1.807) is 35.4 Å². The van der Waals surface area contributed by atoms with Crippen LogP contribution in [0.1, 0.15) is 41.2 Å². The van der Waals surface area contributed by atoms with Crippen LogP contribution in [-0.2, 0) is 10.0 Å². The molecule has 1 fully saturated rings. The standard InChI is InChI=1S/C22H25N3O4S2/c1-15(21-23-17-8-4-5-9-19(17)30-21)24(2)22(26)16-10-11-18(29-3)20(14-16)31(27,28)25-12-6-7-13-25/h4-5,8-11,14-15H,6-7,12-13H2,1-3H3. The second-order valence-corrected chi connectivity index (χ2v) is 10.6. The van der Waals surface area contributed by atoms with Crippen molar-refractivity contribution < 1.29 is 17.9 Å². The molecular weight excluding hydrogens is 434 g/mol. The van der Waals surface area contributed by atoms with Gasteiger partial charge in [0.1, 0.15) is 15.7 Å². The monoisotopic (exact) mass is 459 g/mol. The molecule has 1 amide bonds. The lowest BCUT2D eigenvalue weighted by Gasteiger charge is -2.24. The third-order valence-electron chi connectivity index (χ3n) is 5.66. The van der Waals surface area contributed by atoms with Crippen molar-refractivity contribution in [2.75, 3.05) is 27.2 Å². The molecule has 0 bridgehead atoms. The predicted octanol–water partition coefficient (Wildman–Crippen LogP) is 3.92. The lowest BCUT2D eigenvalue weighted by Crippen LogP contribution is -2.31. The second-order valence-electron chi connectivity index (χ2n) is 7.59. The van der Waals surface area contributed by atoms with Gasteiger partial charge in [-0.25, -0.2) is 13.4 Å². The van der Waals surface area contributed by atoms with E-state index in [1.165, 1.54) is 17.5 Å². The van der Waals surface area contributed by atoms with E-state index in [2.05, 4.69) is 4.98 Å². The fourth-order valence-electron chi connectivity index (χ4n) is 3.69. The van der Waals surface area contributed by atoms with Crippen LogP contribution in [0.25, 0.3) is 10.2 Å². The highest BCUT2D eigenvalue weighted by molar-refractivity contribution is 7.89. The van der Waals surface area contributed by atoms with E-state index in [-0.39, 0.29) is 22.6 Å². The number of thiazole rings is 1. The van der Waals surface area contributed by atoms with Crippen molar-refractivity contribution in [2.24, 2.45) is 0 Å². The summed E-state index contributed by atoms with van der Waals surface area (Å²) in [5.41, 5.74) is 1.20. The van der Waals surface area contributed by atoms with E-state index < -0.39 is 10.0 Å². The minimum absolute atomic E-state index is 0.0313. The number of sulfonamides is 1. The molecule has 2 heterocycles. The van der Waals surface area contributed by atoms with Crippen molar-refractivity contribution in [2.45, 2.75) is 30.7 Å². The molecule has 0 saturated carbocycles. The van der Waals surface area contributed by atoms with Gasteiger partial charge in [-0.05, 0) is 50.1 Å². The lowest BCUT2D eigenvalue weighted by molar-refractivity contribution is 0.0742. The van der Waals surface area contributed by atoms with E-state index in [1.807, 2.05) is 31.2 Å². The van der Waals surface area contributed by atoms with E-state index >= 15 is 0 Å². The number of fused-ring (bicyclic) bond motifs is 1. The van der Waals surface area contributed by atoms with Crippen LogP contribution < -0.4 is 4.74 Å². The van der Waals surface area contributed by atoms with Crippen molar-refractivity contribution in [3.63, 3.8) is 0 Å². The first-order valence-corrected chi connectivity index (χ1v) is 12.4. The fraction of sp³-hybridized carbons (Fsp3) is 0.364. The van der Waals surface area contributed by atoms with Crippen LogP contribution in [0.2, 0.25) is 0 Å². The molecule has 1 saturated heterocycles. The Hall–Kier alpha value is -2.49. The van der Waals surface area contributed by atoms with Gasteiger partial charge < -0.3 is 9.64 Å². The van der Waals surface area contributed by atoms with Crippen LogP contribution in [0, 0.1) is 0 Å². The highest BCUT2D eigenvalue weighted by Gasteiger charge is 2.31. The van der Waals surface area contributed by atoms with E-state index in [0.717, 1.165) is 28.1 Å². The molecule has 1 aromatic heterocycles. The van der Waals surface area contributed by atoms with Gasteiger partial charge >= 0.3 is 0 Å². The van der Waals surface area contributed by atoms with Crippen LogP contribution >= 0.6 is 11.3 Å². The number of methoxy groups -OCH3 is 1. The molecule has 31 heavy (non-hydrogen) atoms. The molecule has 164 valence electrons. The first-order valence-electron chi connectivity index (χ1n) is 10.1. The number of hydrogen-bond donors (Lipinski definition) is 0. The van der Waals surface area contributed by atoms with Crippen LogP contribution in [0.15, 0.2) is 47.4 Å². The largest absolute Gasteiger partial charge is 0.495 e. The average Bonchev–Trinajstić information content (AvgIpc) is 3.47. The Kier molecular flexibility index (Phi) is 6.00. The van der Waals surface area contributed by atoms with Gasteiger partial charge in [-0.2, -0.15) is 4.31 Å². The van der Waals surface area contributed by atoms with Gasteiger partial charge in [0.25, 0.3) is 5.91 Å². The van der Waals surface area contributed by atoms with E-state index in [9.17, 15) is 13.2 Å². The number of amides is 1. The van der Waals surface area contributed by atoms with Gasteiger partial charge in [0, 0.05) is 25.7 Å². The number of carbonyl (C=O) groups is 1. The summed E-state index contributed by atoms with van der Waals surface area (Å²) in [7, 11) is -0.588. The van der Waals surface area contributed by atoms with Crippen LogP contribution in [0.4, 0.5) is 0 Å². The Morgan fingerprint density at radius 3 is 2.58 bits per heavy atom.